The van der Waals surface area contributed by atoms with E-state index in [2.05, 4.69) is 6.58 Å². The van der Waals surface area contributed by atoms with E-state index in [1.807, 2.05) is 0 Å². The molecule has 0 unspecified atom stereocenters. The fraction of sp³-hybridized carbons (Fsp3) is 0.864. The van der Waals surface area contributed by atoms with Crippen LogP contribution in [0.3, 0.4) is 0 Å². The molecule has 0 rings (SSSR count). The van der Waals surface area contributed by atoms with E-state index in [0.717, 1.165) is 25.7 Å². The van der Waals surface area contributed by atoms with Gasteiger partial charge < -0.3 is 33.5 Å². The zero-order valence-electron chi connectivity index (χ0n) is 18.7. The average Bonchev–Trinajstić information content (AvgIpc) is 2.74. The highest BCUT2D eigenvalue weighted by atomic mass is 16.5. The highest BCUT2D eigenvalue weighted by molar-refractivity contribution is 5.86. The van der Waals surface area contributed by atoms with Crippen molar-refractivity contribution < 1.29 is 38.3 Å². The number of esters is 1. The summed E-state index contributed by atoms with van der Waals surface area (Å²) in [5, 5.41) is 8.61. The van der Waals surface area contributed by atoms with Gasteiger partial charge in [-0.15, -0.1) is 0 Å². The lowest BCUT2D eigenvalue weighted by Crippen LogP contribution is -2.09. The van der Waals surface area contributed by atoms with Gasteiger partial charge in [0.15, 0.2) is 0 Å². The van der Waals surface area contributed by atoms with Gasteiger partial charge in [-0.1, -0.05) is 6.58 Å². The fourth-order valence-electron chi connectivity index (χ4n) is 2.18. The van der Waals surface area contributed by atoms with Crippen LogP contribution in [0.1, 0.15) is 45.4 Å². The van der Waals surface area contributed by atoms with Gasteiger partial charge in [-0.2, -0.15) is 0 Å². The van der Waals surface area contributed by atoms with Crippen LogP contribution >= 0.6 is 0 Å². The van der Waals surface area contributed by atoms with Crippen LogP contribution in [0.25, 0.3) is 0 Å². The third-order valence-corrected chi connectivity index (χ3v) is 3.77. The lowest BCUT2D eigenvalue weighted by molar-refractivity contribution is -0.139. The van der Waals surface area contributed by atoms with Crippen LogP contribution in [0.2, 0.25) is 0 Å². The molecule has 0 aromatic carbocycles. The van der Waals surface area contributed by atoms with Crippen molar-refractivity contribution in [3.63, 3.8) is 0 Å². The van der Waals surface area contributed by atoms with Crippen LogP contribution in [0.5, 0.6) is 0 Å². The number of carbonyl (C=O) groups is 1. The van der Waals surface area contributed by atoms with Gasteiger partial charge in [-0.05, 0) is 39.0 Å². The second-order valence-corrected chi connectivity index (χ2v) is 6.82. The Labute approximate surface area is 181 Å². The van der Waals surface area contributed by atoms with Crippen molar-refractivity contribution in [3.8, 4) is 0 Å². The van der Waals surface area contributed by atoms with E-state index in [0.29, 0.717) is 91.1 Å². The molecule has 0 bridgehead atoms. The molecule has 0 heterocycles. The first-order chi connectivity index (χ1) is 14.7. The van der Waals surface area contributed by atoms with Crippen molar-refractivity contribution in [1.82, 2.24) is 0 Å². The summed E-state index contributed by atoms with van der Waals surface area (Å²) in [4.78, 5) is 11.2. The maximum atomic E-state index is 11.2. The van der Waals surface area contributed by atoms with Crippen LogP contribution in [-0.2, 0) is 33.2 Å². The quantitative estimate of drug-likeness (QED) is 0.141. The number of ether oxygens (including phenoxy) is 6. The Morgan fingerprint density at radius 1 is 0.600 bits per heavy atom. The third kappa shape index (κ3) is 23.3. The van der Waals surface area contributed by atoms with Crippen LogP contribution in [-0.4, -0.2) is 90.4 Å². The summed E-state index contributed by atoms with van der Waals surface area (Å²) in [6.07, 6.45) is 4.85. The Balaban J connectivity index is 3.05. The Morgan fingerprint density at radius 3 is 1.20 bits per heavy atom. The summed E-state index contributed by atoms with van der Waals surface area (Å²) in [5.41, 5.74) is 0.413. The summed E-state index contributed by atoms with van der Waals surface area (Å²) in [6.45, 7) is 12.3. The van der Waals surface area contributed by atoms with E-state index < -0.39 is 0 Å². The topological polar surface area (TPSA) is 92.7 Å². The van der Waals surface area contributed by atoms with E-state index in [1.54, 1.807) is 6.92 Å². The zero-order valence-corrected chi connectivity index (χ0v) is 18.7. The molecule has 0 atom stereocenters. The Bertz CT molecular complexity index is 389. The largest absolute Gasteiger partial charge is 0.462 e. The van der Waals surface area contributed by atoms with Crippen molar-refractivity contribution in [1.29, 1.82) is 0 Å². The van der Waals surface area contributed by atoms with Crippen LogP contribution in [0.15, 0.2) is 12.2 Å². The number of carbonyl (C=O) groups excluding carboxylic acids is 1. The van der Waals surface area contributed by atoms with Crippen molar-refractivity contribution in [2.45, 2.75) is 45.4 Å². The average molecular weight is 435 g/mol. The molecule has 0 aromatic rings. The summed E-state index contributed by atoms with van der Waals surface area (Å²) in [6, 6.07) is 0. The minimum Gasteiger partial charge on any atom is -0.462 e. The van der Waals surface area contributed by atoms with Gasteiger partial charge in [0.1, 0.15) is 0 Å². The lowest BCUT2D eigenvalue weighted by atomic mass is 10.4. The van der Waals surface area contributed by atoms with Crippen molar-refractivity contribution in [2.75, 3.05) is 79.3 Å². The monoisotopic (exact) mass is 434 g/mol. The minimum absolute atomic E-state index is 0.177. The number of hydrogen-bond donors (Lipinski definition) is 1. The summed E-state index contributed by atoms with van der Waals surface area (Å²) in [5.74, 6) is -0.353. The van der Waals surface area contributed by atoms with Gasteiger partial charge in [0, 0.05) is 84.7 Å². The Hall–Kier alpha value is -1.03. The number of rotatable bonds is 24. The van der Waals surface area contributed by atoms with E-state index in [1.165, 1.54) is 0 Å². The molecule has 1 N–H and O–H groups in total. The molecule has 0 aliphatic heterocycles. The highest BCUT2D eigenvalue weighted by Gasteiger charge is 2.01. The second kappa shape index (κ2) is 24.2. The van der Waals surface area contributed by atoms with Crippen LogP contribution in [0, 0.1) is 0 Å². The maximum absolute atomic E-state index is 11.2. The van der Waals surface area contributed by atoms with Gasteiger partial charge in [-0.3, -0.25) is 0 Å². The first kappa shape index (κ1) is 29.0. The van der Waals surface area contributed by atoms with Gasteiger partial charge in [0.05, 0.1) is 6.61 Å². The molecule has 0 aromatic heterocycles. The molecule has 8 nitrogen and oxygen atoms in total. The maximum Gasteiger partial charge on any atom is 0.333 e. The van der Waals surface area contributed by atoms with Crippen molar-refractivity contribution in [2.24, 2.45) is 0 Å². The first-order valence-corrected chi connectivity index (χ1v) is 11.0. The fourth-order valence-corrected chi connectivity index (χ4v) is 2.18. The number of aliphatic hydroxyl groups excluding tert-OH is 1. The normalized spacial score (nSPS) is 11.0. The molecule has 0 radical (unpaired) electrons. The predicted octanol–water partition coefficient (Wildman–Crippen LogP) is 2.52. The van der Waals surface area contributed by atoms with E-state index in [-0.39, 0.29) is 12.6 Å². The molecule has 0 amide bonds. The molecule has 178 valence electrons. The third-order valence-electron chi connectivity index (χ3n) is 3.77. The molecule has 0 saturated heterocycles. The van der Waals surface area contributed by atoms with E-state index in [4.69, 9.17) is 33.5 Å². The summed E-state index contributed by atoms with van der Waals surface area (Å²) in [7, 11) is 0. The van der Waals surface area contributed by atoms with Gasteiger partial charge in [0.2, 0.25) is 0 Å². The first-order valence-electron chi connectivity index (χ1n) is 11.0. The highest BCUT2D eigenvalue weighted by Crippen LogP contribution is 1.95. The Kier molecular flexibility index (Phi) is 23.4. The van der Waals surface area contributed by atoms with E-state index in [9.17, 15) is 4.79 Å². The molecule has 8 heteroatoms. The smallest absolute Gasteiger partial charge is 0.333 e. The standard InChI is InChI=1S/C22H42O8/c1-21(2)22(24)30-20-8-19-29-18-7-17-28-16-6-15-27-14-5-13-26-12-4-11-25-10-3-9-23/h23H,1,3-20H2,2H3. The SMILES string of the molecule is C=C(C)C(=O)OCCCOCCCOCCCOCCCOCCCOCCCO. The summed E-state index contributed by atoms with van der Waals surface area (Å²) >= 11 is 0. The number of aliphatic hydroxyl groups is 1. The van der Waals surface area contributed by atoms with Gasteiger partial charge in [0.25, 0.3) is 0 Å². The summed E-state index contributed by atoms with van der Waals surface area (Å²) < 4.78 is 32.3. The van der Waals surface area contributed by atoms with Gasteiger partial charge in [-0.25, -0.2) is 4.79 Å². The minimum atomic E-state index is -0.353. The van der Waals surface area contributed by atoms with Crippen LogP contribution in [0.4, 0.5) is 0 Å². The molecule has 0 aliphatic carbocycles. The molecular formula is C22H42O8. The second-order valence-electron chi connectivity index (χ2n) is 6.82. The van der Waals surface area contributed by atoms with Crippen LogP contribution < -0.4 is 0 Å². The van der Waals surface area contributed by atoms with E-state index >= 15 is 0 Å². The zero-order chi connectivity index (χ0) is 22.1. The number of hydrogen-bond acceptors (Lipinski definition) is 8. The molecule has 0 spiro atoms. The molecule has 30 heavy (non-hydrogen) atoms. The lowest BCUT2D eigenvalue weighted by Gasteiger charge is -2.08. The molecular weight excluding hydrogens is 392 g/mol. The Morgan fingerprint density at radius 2 is 0.900 bits per heavy atom. The van der Waals surface area contributed by atoms with Crippen molar-refractivity contribution >= 4 is 5.97 Å². The molecule has 0 fully saturated rings. The molecule has 0 aliphatic rings. The van der Waals surface area contributed by atoms with Crippen molar-refractivity contribution in [3.05, 3.63) is 12.2 Å². The molecule has 0 saturated carbocycles. The predicted molar refractivity (Wildman–Crippen MR) is 115 cm³/mol. The van der Waals surface area contributed by atoms with Gasteiger partial charge >= 0.3 is 5.97 Å².